The molecule has 1 aliphatic carbocycles. The lowest BCUT2D eigenvalue weighted by Crippen LogP contribution is -2.33. The molecule has 1 aliphatic heterocycles. The third-order valence-electron chi connectivity index (χ3n) is 6.45. The van der Waals surface area contributed by atoms with Crippen molar-refractivity contribution in [2.24, 2.45) is 5.92 Å². The molecule has 2 fully saturated rings. The molecular formula is C26H31N5O3S. The van der Waals surface area contributed by atoms with Gasteiger partial charge in [0.25, 0.3) is 11.5 Å². The highest BCUT2D eigenvalue weighted by Gasteiger charge is 2.29. The third kappa shape index (κ3) is 5.36. The molecule has 0 bridgehead atoms. The Hall–Kier alpha value is -2.91. The van der Waals surface area contributed by atoms with E-state index in [9.17, 15) is 14.4 Å². The first-order valence-corrected chi connectivity index (χ1v) is 13.4. The van der Waals surface area contributed by atoms with E-state index in [2.05, 4.69) is 21.3 Å². The second kappa shape index (κ2) is 9.99. The van der Waals surface area contributed by atoms with Crippen molar-refractivity contribution in [1.29, 1.82) is 0 Å². The Morgan fingerprint density at radius 2 is 1.97 bits per heavy atom. The summed E-state index contributed by atoms with van der Waals surface area (Å²) in [7, 11) is 0. The smallest absolute Gasteiger partial charge is 0.322 e. The Balaban J connectivity index is 1.50. The molecule has 2 N–H and O–H groups in total. The van der Waals surface area contributed by atoms with Crippen molar-refractivity contribution >= 4 is 34.4 Å². The van der Waals surface area contributed by atoms with Gasteiger partial charge in [0.1, 0.15) is 0 Å². The SMILES string of the molecule is CC(C)Cn1c(=O)[nH]c(=O)c2c(C(=O)Nc3cccc(CN4CCSCC4)c3)cc(C3CC3)nc21. The molecule has 9 heteroatoms. The molecule has 184 valence electrons. The average Bonchev–Trinajstić information content (AvgIpc) is 3.67. The highest BCUT2D eigenvalue weighted by atomic mass is 32.2. The highest BCUT2D eigenvalue weighted by Crippen LogP contribution is 2.40. The van der Waals surface area contributed by atoms with Crippen LogP contribution in [0.5, 0.6) is 0 Å². The maximum Gasteiger partial charge on any atom is 0.330 e. The Kier molecular flexibility index (Phi) is 6.80. The molecule has 3 aromatic rings. The molecule has 1 aromatic carbocycles. The van der Waals surface area contributed by atoms with E-state index in [1.165, 1.54) is 4.57 Å². The van der Waals surface area contributed by atoms with Gasteiger partial charge in [-0.05, 0) is 42.5 Å². The maximum absolute atomic E-state index is 13.5. The van der Waals surface area contributed by atoms with Gasteiger partial charge >= 0.3 is 5.69 Å². The van der Waals surface area contributed by atoms with Gasteiger partial charge in [-0.15, -0.1) is 0 Å². The number of carbonyl (C=O) groups excluding carboxylic acids is 1. The second-order valence-electron chi connectivity index (χ2n) is 9.87. The fourth-order valence-corrected chi connectivity index (χ4v) is 5.54. The minimum absolute atomic E-state index is 0.161. The van der Waals surface area contributed by atoms with Crippen LogP contribution < -0.4 is 16.6 Å². The van der Waals surface area contributed by atoms with Gasteiger partial charge < -0.3 is 5.32 Å². The summed E-state index contributed by atoms with van der Waals surface area (Å²) in [5.74, 6) is 2.35. The van der Waals surface area contributed by atoms with Crippen LogP contribution in [0.4, 0.5) is 5.69 Å². The number of H-pyrrole nitrogens is 1. The second-order valence-corrected chi connectivity index (χ2v) is 11.1. The van der Waals surface area contributed by atoms with E-state index in [0.29, 0.717) is 17.9 Å². The van der Waals surface area contributed by atoms with Gasteiger partial charge in [-0.1, -0.05) is 26.0 Å². The van der Waals surface area contributed by atoms with Gasteiger partial charge in [-0.3, -0.25) is 24.0 Å². The number of carbonyl (C=O) groups is 1. The molecule has 1 saturated carbocycles. The van der Waals surface area contributed by atoms with Crippen LogP contribution >= 0.6 is 11.8 Å². The molecule has 0 unspecified atom stereocenters. The maximum atomic E-state index is 13.5. The molecule has 3 heterocycles. The van der Waals surface area contributed by atoms with Crippen molar-refractivity contribution in [2.75, 3.05) is 29.9 Å². The lowest BCUT2D eigenvalue weighted by molar-refractivity contribution is 0.102. The Bertz CT molecular complexity index is 1370. The van der Waals surface area contributed by atoms with Gasteiger partial charge in [0.2, 0.25) is 0 Å². The van der Waals surface area contributed by atoms with Gasteiger partial charge in [0.15, 0.2) is 5.65 Å². The first-order valence-electron chi connectivity index (χ1n) is 12.3. The molecule has 5 rings (SSSR count). The van der Waals surface area contributed by atoms with Gasteiger partial charge in [0.05, 0.1) is 10.9 Å². The van der Waals surface area contributed by atoms with E-state index < -0.39 is 11.2 Å². The van der Waals surface area contributed by atoms with E-state index in [1.54, 1.807) is 6.07 Å². The molecule has 0 spiro atoms. The molecule has 0 radical (unpaired) electrons. The zero-order chi connectivity index (χ0) is 24.5. The minimum Gasteiger partial charge on any atom is -0.322 e. The number of thioether (sulfide) groups is 1. The van der Waals surface area contributed by atoms with Crippen molar-refractivity contribution in [3.8, 4) is 0 Å². The molecule has 8 nitrogen and oxygen atoms in total. The number of hydrogen-bond acceptors (Lipinski definition) is 6. The van der Waals surface area contributed by atoms with Crippen LogP contribution in [0.3, 0.4) is 0 Å². The van der Waals surface area contributed by atoms with Crippen molar-refractivity contribution < 1.29 is 4.79 Å². The van der Waals surface area contributed by atoms with Gasteiger partial charge in [-0.2, -0.15) is 11.8 Å². The molecule has 1 saturated heterocycles. The lowest BCUT2D eigenvalue weighted by Gasteiger charge is -2.26. The summed E-state index contributed by atoms with van der Waals surface area (Å²) in [5, 5.41) is 3.15. The normalized spacial score (nSPS) is 16.7. The molecular weight excluding hydrogens is 462 g/mol. The van der Waals surface area contributed by atoms with Crippen molar-refractivity contribution in [3.05, 3.63) is 68.0 Å². The number of pyridine rings is 1. The number of nitrogens with one attached hydrogen (secondary N) is 2. The highest BCUT2D eigenvalue weighted by molar-refractivity contribution is 7.99. The number of aromatic amines is 1. The monoisotopic (exact) mass is 493 g/mol. The number of rotatable bonds is 7. The van der Waals surface area contributed by atoms with Crippen LogP contribution in [-0.4, -0.2) is 49.9 Å². The largest absolute Gasteiger partial charge is 0.330 e. The number of fused-ring (bicyclic) bond motifs is 1. The van der Waals surface area contributed by atoms with Gasteiger partial charge in [0, 0.05) is 55.0 Å². The van der Waals surface area contributed by atoms with Gasteiger partial charge in [-0.25, -0.2) is 9.78 Å². The fourth-order valence-electron chi connectivity index (χ4n) is 4.56. The van der Waals surface area contributed by atoms with E-state index in [-0.39, 0.29) is 28.7 Å². The summed E-state index contributed by atoms with van der Waals surface area (Å²) < 4.78 is 1.49. The van der Waals surface area contributed by atoms with Crippen LogP contribution in [0.15, 0.2) is 39.9 Å². The predicted octanol–water partition coefficient (Wildman–Crippen LogP) is 3.42. The summed E-state index contributed by atoms with van der Waals surface area (Å²) in [5.41, 5.74) is 2.06. The lowest BCUT2D eigenvalue weighted by atomic mass is 10.1. The Morgan fingerprint density at radius 1 is 1.20 bits per heavy atom. The van der Waals surface area contributed by atoms with Crippen molar-refractivity contribution in [1.82, 2.24) is 19.4 Å². The number of hydrogen-bond donors (Lipinski definition) is 2. The van der Waals surface area contributed by atoms with Crippen LogP contribution in [0.25, 0.3) is 11.0 Å². The quantitative estimate of drug-likeness (QED) is 0.523. The van der Waals surface area contributed by atoms with Crippen molar-refractivity contribution in [2.45, 2.75) is 45.7 Å². The van der Waals surface area contributed by atoms with Crippen molar-refractivity contribution in [3.63, 3.8) is 0 Å². The van der Waals surface area contributed by atoms with E-state index in [4.69, 9.17) is 4.98 Å². The standard InChI is InChI=1S/C26H31N5O3S/c1-16(2)14-31-23-22(25(33)29-26(31)34)20(13-21(28-23)18-6-7-18)24(32)27-19-5-3-4-17(12-19)15-30-8-10-35-11-9-30/h3-5,12-13,16,18H,6-11,14-15H2,1-2H3,(H,27,32)(H,29,33,34). The number of nitrogens with zero attached hydrogens (tertiary/aromatic N) is 3. The number of anilines is 1. The summed E-state index contributed by atoms with van der Waals surface area (Å²) in [6, 6.07) is 9.59. The third-order valence-corrected chi connectivity index (χ3v) is 7.39. The predicted molar refractivity (Wildman–Crippen MR) is 140 cm³/mol. The summed E-state index contributed by atoms with van der Waals surface area (Å²) in [4.78, 5) is 48.5. The van der Waals surface area contributed by atoms with Crippen LogP contribution in [-0.2, 0) is 13.1 Å². The zero-order valence-corrected chi connectivity index (χ0v) is 21.0. The van der Waals surface area contributed by atoms with E-state index in [1.807, 2.05) is 43.8 Å². The minimum atomic E-state index is -0.582. The topological polar surface area (TPSA) is 100 Å². The Morgan fingerprint density at radius 3 is 2.69 bits per heavy atom. The summed E-state index contributed by atoms with van der Waals surface area (Å²) in [6.07, 6.45) is 1.99. The molecule has 2 aliphatic rings. The Labute approximate surface area is 208 Å². The molecule has 35 heavy (non-hydrogen) atoms. The molecule has 0 atom stereocenters. The first kappa shape index (κ1) is 23.8. The average molecular weight is 494 g/mol. The van der Waals surface area contributed by atoms with E-state index >= 15 is 0 Å². The molecule has 2 aromatic heterocycles. The van der Waals surface area contributed by atoms with Crippen LogP contribution in [0.1, 0.15) is 54.2 Å². The number of aromatic nitrogens is 3. The first-order chi connectivity index (χ1) is 16.9. The van der Waals surface area contributed by atoms with E-state index in [0.717, 1.165) is 55.2 Å². The summed E-state index contributed by atoms with van der Waals surface area (Å²) >= 11 is 1.98. The number of amides is 1. The van der Waals surface area contributed by atoms with Crippen LogP contribution in [0.2, 0.25) is 0 Å². The number of benzene rings is 1. The zero-order valence-electron chi connectivity index (χ0n) is 20.2. The summed E-state index contributed by atoms with van der Waals surface area (Å²) in [6.45, 7) is 7.37. The molecule has 1 amide bonds. The fraction of sp³-hybridized carbons (Fsp3) is 0.462. The van der Waals surface area contributed by atoms with Crippen LogP contribution in [0, 0.1) is 5.92 Å².